The number of furan rings is 1. The van der Waals surface area contributed by atoms with Gasteiger partial charge in [0.25, 0.3) is 5.56 Å². The molecule has 0 aliphatic heterocycles. The third kappa shape index (κ3) is 3.25. The Hall–Kier alpha value is -3.50. The molecule has 1 aliphatic carbocycles. The predicted octanol–water partition coefficient (Wildman–Crippen LogP) is 5.33. The number of aromatic nitrogens is 2. The molecule has 0 fully saturated rings. The molecule has 0 saturated heterocycles. The van der Waals surface area contributed by atoms with Crippen molar-refractivity contribution in [3.05, 3.63) is 74.6 Å². The van der Waals surface area contributed by atoms with E-state index in [1.165, 1.54) is 17.0 Å². The van der Waals surface area contributed by atoms with Crippen LogP contribution in [0.1, 0.15) is 34.9 Å². The van der Waals surface area contributed by atoms with Crippen LogP contribution in [-0.4, -0.2) is 9.97 Å². The van der Waals surface area contributed by atoms with E-state index in [-0.39, 0.29) is 22.8 Å². The molecule has 148 valence electrons. The Morgan fingerprint density at radius 1 is 1.20 bits per heavy atom. The number of aromatic amines is 1. The molecule has 3 heterocycles. The van der Waals surface area contributed by atoms with Gasteiger partial charge >= 0.3 is 0 Å². The number of hydrogen-bond donors (Lipinski definition) is 1. The van der Waals surface area contributed by atoms with Gasteiger partial charge in [-0.3, -0.25) is 4.79 Å². The van der Waals surface area contributed by atoms with Gasteiger partial charge in [0.2, 0.25) is 0 Å². The van der Waals surface area contributed by atoms with Crippen molar-refractivity contribution in [1.82, 2.24) is 9.97 Å². The number of benzene rings is 1. The van der Waals surface area contributed by atoms with Crippen LogP contribution in [0.25, 0.3) is 33.2 Å². The first-order chi connectivity index (χ1) is 14.6. The van der Waals surface area contributed by atoms with Gasteiger partial charge < -0.3 is 9.40 Å². The molecule has 0 amide bonds. The van der Waals surface area contributed by atoms with E-state index in [1.54, 1.807) is 41.7 Å². The Morgan fingerprint density at radius 2 is 2.00 bits per heavy atom. The van der Waals surface area contributed by atoms with Crippen LogP contribution in [0, 0.1) is 17.1 Å². The molecule has 7 heteroatoms. The van der Waals surface area contributed by atoms with E-state index in [1.807, 2.05) is 0 Å². The number of hydrogen-bond acceptors (Lipinski definition) is 5. The Balaban J connectivity index is 1.53. The van der Waals surface area contributed by atoms with Gasteiger partial charge in [0.05, 0.1) is 11.0 Å². The second kappa shape index (κ2) is 7.39. The number of halogens is 1. The molecule has 0 saturated carbocycles. The van der Waals surface area contributed by atoms with Gasteiger partial charge in [0, 0.05) is 16.5 Å². The highest BCUT2D eigenvalue weighted by Gasteiger charge is 2.20. The molecule has 5 rings (SSSR count). The topological polar surface area (TPSA) is 82.7 Å². The second-order valence-electron chi connectivity index (χ2n) is 7.18. The normalized spacial score (nSPS) is 13.9. The summed E-state index contributed by atoms with van der Waals surface area (Å²) in [5, 5.41) is 10.3. The summed E-state index contributed by atoms with van der Waals surface area (Å²) in [6.45, 7) is 0. The van der Waals surface area contributed by atoms with Gasteiger partial charge in [-0.25, -0.2) is 9.37 Å². The fourth-order valence-electron chi connectivity index (χ4n) is 3.79. The molecule has 5 nitrogen and oxygen atoms in total. The summed E-state index contributed by atoms with van der Waals surface area (Å²) in [6.07, 6.45) is 5.63. The van der Waals surface area contributed by atoms with Crippen LogP contribution < -0.4 is 5.56 Å². The predicted molar refractivity (Wildman–Crippen MR) is 114 cm³/mol. The minimum atomic E-state index is -0.321. The molecule has 1 aliphatic rings. The maximum absolute atomic E-state index is 13.1. The first-order valence-corrected chi connectivity index (χ1v) is 10.5. The van der Waals surface area contributed by atoms with E-state index in [2.05, 4.69) is 16.0 Å². The molecule has 3 aromatic heterocycles. The standard InChI is InChI=1S/C23H16FN3O2S/c24-15-7-5-13(6-8-15)18-10-9-16(29-18)11-14(12-25)21-26-22(28)20-17-3-1-2-4-19(17)30-23(20)27-21/h5-11H,1-4H2,(H,26,27,28)/b14-11+. The van der Waals surface area contributed by atoms with Gasteiger partial charge in [-0.1, -0.05) is 0 Å². The van der Waals surface area contributed by atoms with Crippen molar-refractivity contribution in [2.24, 2.45) is 0 Å². The average Bonchev–Trinajstić information content (AvgIpc) is 3.37. The number of allylic oxidation sites excluding steroid dienone is 1. The van der Waals surface area contributed by atoms with Crippen molar-refractivity contribution in [2.75, 3.05) is 0 Å². The molecule has 30 heavy (non-hydrogen) atoms. The molecule has 0 spiro atoms. The van der Waals surface area contributed by atoms with Crippen molar-refractivity contribution in [1.29, 1.82) is 5.26 Å². The highest BCUT2D eigenvalue weighted by molar-refractivity contribution is 7.18. The van der Waals surface area contributed by atoms with Crippen molar-refractivity contribution >= 4 is 33.2 Å². The van der Waals surface area contributed by atoms with Gasteiger partial charge in [-0.15, -0.1) is 11.3 Å². The maximum atomic E-state index is 13.1. The van der Waals surface area contributed by atoms with Crippen LogP contribution in [0.15, 0.2) is 45.6 Å². The van der Waals surface area contributed by atoms with Gasteiger partial charge in [-0.05, 0) is 67.6 Å². The van der Waals surface area contributed by atoms with Crippen LogP contribution in [0.2, 0.25) is 0 Å². The molecule has 0 radical (unpaired) electrons. The van der Waals surface area contributed by atoms with Crippen molar-refractivity contribution in [3.63, 3.8) is 0 Å². The van der Waals surface area contributed by atoms with E-state index < -0.39 is 0 Å². The fourth-order valence-corrected chi connectivity index (χ4v) is 5.05. The van der Waals surface area contributed by atoms with Crippen molar-refractivity contribution in [2.45, 2.75) is 25.7 Å². The van der Waals surface area contributed by atoms with Crippen LogP contribution in [0.5, 0.6) is 0 Å². The highest BCUT2D eigenvalue weighted by atomic mass is 32.1. The largest absolute Gasteiger partial charge is 0.457 e. The van der Waals surface area contributed by atoms with Crippen LogP contribution in [-0.2, 0) is 12.8 Å². The summed E-state index contributed by atoms with van der Waals surface area (Å²) in [7, 11) is 0. The summed E-state index contributed by atoms with van der Waals surface area (Å²) >= 11 is 1.54. The van der Waals surface area contributed by atoms with E-state index in [4.69, 9.17) is 4.42 Å². The Bertz CT molecular complexity index is 1390. The first kappa shape index (κ1) is 18.5. The van der Waals surface area contributed by atoms with Crippen molar-refractivity contribution < 1.29 is 8.81 Å². The quantitative estimate of drug-likeness (QED) is 0.457. The third-order valence-electron chi connectivity index (χ3n) is 5.24. The summed E-state index contributed by atoms with van der Waals surface area (Å²) in [5.41, 5.74) is 1.84. The lowest BCUT2D eigenvalue weighted by molar-refractivity contribution is 0.571. The van der Waals surface area contributed by atoms with E-state index >= 15 is 0 Å². The lowest BCUT2D eigenvalue weighted by Crippen LogP contribution is -2.12. The Morgan fingerprint density at radius 3 is 2.80 bits per heavy atom. The molecular formula is C23H16FN3O2S. The Kier molecular flexibility index (Phi) is 4.57. The van der Waals surface area contributed by atoms with Crippen LogP contribution in [0.3, 0.4) is 0 Å². The fraction of sp³-hybridized carbons (Fsp3) is 0.174. The number of nitriles is 1. The minimum Gasteiger partial charge on any atom is -0.457 e. The molecule has 1 aromatic carbocycles. The van der Waals surface area contributed by atoms with Crippen LogP contribution >= 0.6 is 11.3 Å². The van der Waals surface area contributed by atoms with E-state index in [0.29, 0.717) is 21.7 Å². The highest BCUT2D eigenvalue weighted by Crippen LogP contribution is 2.34. The smallest absolute Gasteiger partial charge is 0.260 e. The van der Waals surface area contributed by atoms with E-state index in [9.17, 15) is 14.4 Å². The molecular weight excluding hydrogens is 401 g/mol. The van der Waals surface area contributed by atoms with E-state index in [0.717, 1.165) is 36.8 Å². The first-order valence-electron chi connectivity index (χ1n) is 9.65. The molecule has 0 atom stereocenters. The molecule has 4 aromatic rings. The summed E-state index contributed by atoms with van der Waals surface area (Å²) in [4.78, 5) is 22.0. The number of nitrogens with zero attached hydrogens (tertiary/aromatic N) is 2. The van der Waals surface area contributed by atoms with Crippen molar-refractivity contribution in [3.8, 4) is 17.4 Å². The monoisotopic (exact) mass is 417 g/mol. The molecule has 0 unspecified atom stereocenters. The lowest BCUT2D eigenvalue weighted by Gasteiger charge is -2.09. The number of aryl methyl sites for hydroxylation is 2. The Labute approximate surface area is 175 Å². The minimum absolute atomic E-state index is 0.206. The van der Waals surface area contributed by atoms with Gasteiger partial charge in [-0.2, -0.15) is 5.26 Å². The number of rotatable bonds is 3. The number of nitrogens with one attached hydrogen (secondary N) is 1. The van der Waals surface area contributed by atoms with Crippen LogP contribution in [0.4, 0.5) is 4.39 Å². The zero-order valence-electron chi connectivity index (χ0n) is 15.9. The summed E-state index contributed by atoms with van der Waals surface area (Å²) in [5.74, 6) is 0.909. The zero-order valence-corrected chi connectivity index (χ0v) is 16.7. The summed E-state index contributed by atoms with van der Waals surface area (Å²) in [6, 6.07) is 11.5. The van der Waals surface area contributed by atoms with Gasteiger partial charge in [0.15, 0.2) is 5.82 Å². The molecule has 1 N–H and O–H groups in total. The van der Waals surface area contributed by atoms with Gasteiger partial charge in [0.1, 0.15) is 28.2 Å². The number of thiophene rings is 1. The average molecular weight is 417 g/mol. The molecule has 0 bridgehead atoms. The maximum Gasteiger partial charge on any atom is 0.260 e. The SMILES string of the molecule is N#C/C(=C\c1ccc(-c2ccc(F)cc2)o1)c1nc2sc3c(c2c(=O)[nH]1)CCCC3. The summed E-state index contributed by atoms with van der Waals surface area (Å²) < 4.78 is 18.9. The lowest BCUT2D eigenvalue weighted by atomic mass is 9.97. The number of fused-ring (bicyclic) bond motifs is 3. The second-order valence-corrected chi connectivity index (χ2v) is 8.27. The third-order valence-corrected chi connectivity index (χ3v) is 6.43. The number of H-pyrrole nitrogens is 1. The zero-order chi connectivity index (χ0) is 20.7.